The van der Waals surface area contributed by atoms with Gasteiger partial charge in [-0.25, -0.2) is 0 Å². The molecule has 0 bridgehead atoms. The van der Waals surface area contributed by atoms with Crippen molar-refractivity contribution < 1.29 is 9.59 Å². The first-order chi connectivity index (χ1) is 8.75. The van der Waals surface area contributed by atoms with Gasteiger partial charge in [-0.3, -0.25) is 9.59 Å². The van der Waals surface area contributed by atoms with Crippen LogP contribution in [0.15, 0.2) is 24.3 Å². The third kappa shape index (κ3) is 3.69. The Hall–Kier alpha value is -1.64. The number of ketones is 1. The summed E-state index contributed by atoms with van der Waals surface area (Å²) in [7, 11) is 0. The molecule has 3 heteroatoms. The molecule has 3 rings (SSSR count). The summed E-state index contributed by atoms with van der Waals surface area (Å²) < 4.78 is 0. The molecule has 18 heavy (non-hydrogen) atoms. The number of carbonyl (C=O) groups excluding carboxylic acids is 2. The number of hydrogen-bond donors (Lipinski definition) is 1. The lowest BCUT2D eigenvalue weighted by atomic mass is 10.1. The van der Waals surface area contributed by atoms with Crippen LogP contribution in [-0.4, -0.2) is 11.7 Å². The van der Waals surface area contributed by atoms with E-state index in [4.69, 9.17) is 0 Å². The fraction of sp³-hybridized carbons (Fsp3) is 0.467. The fourth-order valence-electron chi connectivity index (χ4n) is 2.28. The topological polar surface area (TPSA) is 46.2 Å². The van der Waals surface area contributed by atoms with E-state index in [1.165, 1.54) is 5.56 Å². The quantitative estimate of drug-likeness (QED) is 0.763. The molecule has 1 aliphatic heterocycles. The van der Waals surface area contributed by atoms with Crippen molar-refractivity contribution in [3.05, 3.63) is 29.8 Å². The van der Waals surface area contributed by atoms with Gasteiger partial charge in [0.2, 0.25) is 5.91 Å². The van der Waals surface area contributed by atoms with Crippen molar-refractivity contribution in [2.75, 3.05) is 5.32 Å². The summed E-state index contributed by atoms with van der Waals surface area (Å²) in [5.41, 5.74) is 2.24. The van der Waals surface area contributed by atoms with Gasteiger partial charge >= 0.3 is 0 Å². The van der Waals surface area contributed by atoms with E-state index in [-0.39, 0.29) is 5.91 Å². The number of para-hydroxylation sites is 1. The number of aryl methyl sites for hydroxylation is 1. The molecule has 1 aromatic carbocycles. The van der Waals surface area contributed by atoms with Gasteiger partial charge in [0.15, 0.2) is 0 Å². The predicted octanol–water partition coefficient (Wildman–Crippen LogP) is 3.09. The van der Waals surface area contributed by atoms with Crippen LogP contribution in [0.3, 0.4) is 0 Å². The maximum atomic E-state index is 11.1. The number of amides is 1. The van der Waals surface area contributed by atoms with Crippen molar-refractivity contribution in [2.24, 2.45) is 0 Å². The molecule has 0 spiro atoms. The van der Waals surface area contributed by atoms with Crippen molar-refractivity contribution in [2.45, 2.75) is 44.9 Å². The zero-order chi connectivity index (χ0) is 12.8. The number of Topliss-reactive ketones (excluding diaryl/α,β-unsaturated/α-hetero) is 1. The van der Waals surface area contributed by atoms with E-state index < -0.39 is 0 Å². The number of hydrogen-bond acceptors (Lipinski definition) is 2. The summed E-state index contributed by atoms with van der Waals surface area (Å²) in [6, 6.07) is 7.99. The predicted molar refractivity (Wildman–Crippen MR) is 71.5 cm³/mol. The monoisotopic (exact) mass is 245 g/mol. The van der Waals surface area contributed by atoms with Gasteiger partial charge in [0, 0.05) is 24.9 Å². The van der Waals surface area contributed by atoms with Crippen molar-refractivity contribution >= 4 is 17.4 Å². The van der Waals surface area contributed by atoms with Crippen LogP contribution in [0, 0.1) is 0 Å². The molecule has 3 nitrogen and oxygen atoms in total. The number of carbonyl (C=O) groups is 2. The summed E-state index contributed by atoms with van der Waals surface area (Å²) >= 11 is 0. The summed E-state index contributed by atoms with van der Waals surface area (Å²) in [5, 5.41) is 2.88. The Bertz CT molecular complexity index is 432. The van der Waals surface area contributed by atoms with Gasteiger partial charge in [-0.05, 0) is 37.3 Å². The zero-order valence-corrected chi connectivity index (χ0v) is 10.6. The van der Waals surface area contributed by atoms with E-state index in [1.54, 1.807) is 0 Å². The molecule has 96 valence electrons. The van der Waals surface area contributed by atoms with E-state index in [2.05, 4.69) is 11.4 Å². The lowest BCUT2D eigenvalue weighted by Crippen LogP contribution is -2.08. The molecule has 0 atom stereocenters. The highest BCUT2D eigenvalue weighted by Gasteiger charge is 2.10. The van der Waals surface area contributed by atoms with E-state index in [9.17, 15) is 9.59 Å². The van der Waals surface area contributed by atoms with Crippen LogP contribution in [0.2, 0.25) is 0 Å². The largest absolute Gasteiger partial charge is 0.326 e. The molecule has 1 N–H and O–H groups in total. The Morgan fingerprint density at radius 1 is 0.833 bits per heavy atom. The highest BCUT2D eigenvalue weighted by Crippen LogP contribution is 2.20. The van der Waals surface area contributed by atoms with Crippen LogP contribution in [0.1, 0.15) is 44.1 Å². The Balaban J connectivity index is 0.000000169. The molecular formula is C15H19NO2. The smallest absolute Gasteiger partial charge is 0.224 e. The van der Waals surface area contributed by atoms with Crippen LogP contribution >= 0.6 is 0 Å². The van der Waals surface area contributed by atoms with E-state index in [0.29, 0.717) is 12.2 Å². The van der Waals surface area contributed by atoms with E-state index >= 15 is 0 Å². The second-order valence-electron chi connectivity index (χ2n) is 4.80. The van der Waals surface area contributed by atoms with Crippen LogP contribution in [0.25, 0.3) is 0 Å². The first kappa shape index (κ1) is 12.8. The number of rotatable bonds is 0. The minimum atomic E-state index is 0.139. The van der Waals surface area contributed by atoms with Crippen molar-refractivity contribution in [1.29, 1.82) is 0 Å². The first-order valence-electron chi connectivity index (χ1n) is 6.65. The second kappa shape index (κ2) is 6.34. The SMILES string of the molecule is O=C1CCCC1.O=C1CCCc2ccccc2N1. The minimum absolute atomic E-state index is 0.139. The number of benzene rings is 1. The number of fused-ring (bicyclic) bond motifs is 1. The second-order valence-corrected chi connectivity index (χ2v) is 4.80. The van der Waals surface area contributed by atoms with Gasteiger partial charge in [-0.1, -0.05) is 18.2 Å². The molecule has 1 saturated carbocycles. The Morgan fingerprint density at radius 2 is 1.56 bits per heavy atom. The lowest BCUT2D eigenvalue weighted by Gasteiger charge is -2.04. The van der Waals surface area contributed by atoms with Crippen molar-refractivity contribution in [1.82, 2.24) is 0 Å². The van der Waals surface area contributed by atoms with Crippen molar-refractivity contribution in [3.8, 4) is 0 Å². The molecule has 1 fully saturated rings. The van der Waals surface area contributed by atoms with Crippen LogP contribution in [0.5, 0.6) is 0 Å². The van der Waals surface area contributed by atoms with E-state index in [0.717, 1.165) is 44.2 Å². The molecule has 0 radical (unpaired) electrons. The summed E-state index contributed by atoms with van der Waals surface area (Å²) in [6.07, 6.45) is 6.59. The van der Waals surface area contributed by atoms with Gasteiger partial charge in [0.05, 0.1) is 0 Å². The maximum absolute atomic E-state index is 11.1. The Morgan fingerprint density at radius 3 is 2.22 bits per heavy atom. The van der Waals surface area contributed by atoms with Gasteiger partial charge in [0.1, 0.15) is 5.78 Å². The van der Waals surface area contributed by atoms with Crippen molar-refractivity contribution in [3.63, 3.8) is 0 Å². The van der Waals surface area contributed by atoms with Gasteiger partial charge in [0.25, 0.3) is 0 Å². The van der Waals surface area contributed by atoms with Gasteiger partial charge in [-0.2, -0.15) is 0 Å². The molecule has 0 unspecified atom stereocenters. The number of nitrogens with one attached hydrogen (secondary N) is 1. The normalized spacial score (nSPS) is 18.2. The molecule has 0 saturated heterocycles. The van der Waals surface area contributed by atoms with Crippen LogP contribution in [-0.2, 0) is 16.0 Å². The average Bonchev–Trinajstić information content (AvgIpc) is 2.75. The molecular weight excluding hydrogens is 226 g/mol. The van der Waals surface area contributed by atoms with E-state index in [1.807, 2.05) is 18.2 Å². The third-order valence-electron chi connectivity index (χ3n) is 3.30. The average molecular weight is 245 g/mol. The van der Waals surface area contributed by atoms with Gasteiger partial charge in [-0.15, -0.1) is 0 Å². The summed E-state index contributed by atoms with van der Waals surface area (Å²) in [5.74, 6) is 0.593. The first-order valence-corrected chi connectivity index (χ1v) is 6.65. The highest BCUT2D eigenvalue weighted by molar-refractivity contribution is 5.92. The Labute approximate surface area is 108 Å². The zero-order valence-electron chi connectivity index (χ0n) is 10.6. The molecule has 1 amide bonds. The highest BCUT2D eigenvalue weighted by atomic mass is 16.1. The minimum Gasteiger partial charge on any atom is -0.326 e. The standard InChI is InChI=1S/C10H11NO.C5H8O/c12-10-7-3-5-8-4-1-2-6-9(8)11-10;6-5-3-1-2-4-5/h1-2,4,6H,3,5,7H2,(H,11,12);1-4H2. The van der Waals surface area contributed by atoms with Crippen LogP contribution in [0.4, 0.5) is 5.69 Å². The Kier molecular flexibility index (Phi) is 4.51. The molecule has 1 heterocycles. The maximum Gasteiger partial charge on any atom is 0.224 e. The molecule has 1 aliphatic carbocycles. The molecule has 1 aromatic rings. The molecule has 2 aliphatic rings. The molecule has 0 aromatic heterocycles. The summed E-state index contributed by atoms with van der Waals surface area (Å²) in [6.45, 7) is 0. The fourth-order valence-corrected chi connectivity index (χ4v) is 2.28. The lowest BCUT2D eigenvalue weighted by molar-refractivity contribution is -0.117. The number of anilines is 1. The van der Waals surface area contributed by atoms with Crippen LogP contribution < -0.4 is 5.32 Å². The third-order valence-corrected chi connectivity index (χ3v) is 3.30. The summed E-state index contributed by atoms with van der Waals surface area (Å²) in [4.78, 5) is 21.4. The van der Waals surface area contributed by atoms with Gasteiger partial charge < -0.3 is 5.32 Å².